The monoisotopic (exact) mass is 345 g/mol. The van der Waals surface area contributed by atoms with E-state index in [0.29, 0.717) is 11.6 Å². The molecule has 1 aromatic heterocycles. The zero-order valence-electron chi connectivity index (χ0n) is 11.9. The summed E-state index contributed by atoms with van der Waals surface area (Å²) in [5, 5.41) is 13.0. The molecule has 1 unspecified atom stereocenters. The lowest BCUT2D eigenvalue weighted by molar-refractivity contribution is -0.138. The van der Waals surface area contributed by atoms with Crippen LogP contribution in [0.2, 0.25) is 0 Å². The highest BCUT2D eigenvalue weighted by atomic mass is 32.2. The van der Waals surface area contributed by atoms with Crippen molar-refractivity contribution >= 4 is 16.0 Å². The van der Waals surface area contributed by atoms with Gasteiger partial charge in [0.25, 0.3) is 0 Å². The van der Waals surface area contributed by atoms with Gasteiger partial charge in [-0.2, -0.15) is 9.82 Å². The summed E-state index contributed by atoms with van der Waals surface area (Å²) < 4.78 is 54.0. The van der Waals surface area contributed by atoms with E-state index in [4.69, 9.17) is 5.11 Å². The van der Waals surface area contributed by atoms with Crippen LogP contribution in [0.1, 0.15) is 5.56 Å². The lowest BCUT2D eigenvalue weighted by atomic mass is 10.1. The molecule has 0 radical (unpaired) electrons. The average molecular weight is 345 g/mol. The summed E-state index contributed by atoms with van der Waals surface area (Å²) in [7, 11) is -2.84. The molecule has 2 rings (SSSR count). The summed E-state index contributed by atoms with van der Waals surface area (Å²) in [5.41, 5.74) is 0.488. The Hall–Kier alpha value is -2.33. The summed E-state index contributed by atoms with van der Waals surface area (Å²) in [5.74, 6) is -3.67. The van der Waals surface area contributed by atoms with Crippen LogP contribution in [0.15, 0.2) is 35.5 Å². The fourth-order valence-corrected chi connectivity index (χ4v) is 3.18. The molecule has 1 aromatic carbocycles. The predicted molar refractivity (Wildman–Crippen MR) is 75.0 cm³/mol. The Balaban J connectivity index is 2.26. The highest BCUT2D eigenvalue weighted by molar-refractivity contribution is 7.89. The van der Waals surface area contributed by atoms with Crippen molar-refractivity contribution in [2.45, 2.75) is 17.4 Å². The van der Waals surface area contributed by atoms with Crippen LogP contribution < -0.4 is 4.72 Å². The molecule has 2 aromatic rings. The van der Waals surface area contributed by atoms with Crippen molar-refractivity contribution in [1.29, 1.82) is 0 Å². The molecule has 0 aliphatic heterocycles. The molecule has 124 valence electrons. The molecular formula is C13H13F2N3O4S. The molecule has 7 nitrogen and oxygen atoms in total. The van der Waals surface area contributed by atoms with Crippen molar-refractivity contribution in [3.8, 4) is 0 Å². The van der Waals surface area contributed by atoms with Crippen LogP contribution in [0.4, 0.5) is 8.78 Å². The summed E-state index contributed by atoms with van der Waals surface area (Å²) in [6.45, 7) is 0. The van der Waals surface area contributed by atoms with E-state index in [1.807, 2.05) is 4.72 Å². The van der Waals surface area contributed by atoms with E-state index in [0.717, 1.165) is 12.1 Å². The van der Waals surface area contributed by atoms with E-state index in [-0.39, 0.29) is 6.42 Å². The Morgan fingerprint density at radius 2 is 2.13 bits per heavy atom. The lowest BCUT2D eigenvalue weighted by Gasteiger charge is -2.14. The summed E-state index contributed by atoms with van der Waals surface area (Å²) in [6.07, 6.45) is 2.75. The number of halogens is 2. The average Bonchev–Trinajstić information content (AvgIpc) is 2.82. The van der Waals surface area contributed by atoms with Gasteiger partial charge in [-0.1, -0.05) is 0 Å². The second-order valence-corrected chi connectivity index (χ2v) is 6.50. The molecule has 1 heterocycles. The maximum Gasteiger partial charge on any atom is 0.322 e. The fourth-order valence-electron chi connectivity index (χ4n) is 1.94. The van der Waals surface area contributed by atoms with Crippen molar-refractivity contribution in [3.63, 3.8) is 0 Å². The van der Waals surface area contributed by atoms with Gasteiger partial charge in [0.05, 0.1) is 6.20 Å². The van der Waals surface area contributed by atoms with E-state index >= 15 is 0 Å². The number of aryl methyl sites for hydroxylation is 1. The van der Waals surface area contributed by atoms with Gasteiger partial charge in [-0.25, -0.2) is 17.2 Å². The largest absolute Gasteiger partial charge is 0.480 e. The van der Waals surface area contributed by atoms with Gasteiger partial charge in [0.15, 0.2) is 0 Å². The van der Waals surface area contributed by atoms with Crippen LogP contribution in [0.25, 0.3) is 0 Å². The lowest BCUT2D eigenvalue weighted by Crippen LogP contribution is -2.42. The molecule has 10 heteroatoms. The number of rotatable bonds is 6. The molecule has 1 atom stereocenters. The highest BCUT2D eigenvalue weighted by Gasteiger charge is 2.28. The Labute approximate surface area is 130 Å². The van der Waals surface area contributed by atoms with Crippen molar-refractivity contribution in [3.05, 3.63) is 47.8 Å². The van der Waals surface area contributed by atoms with Crippen molar-refractivity contribution in [1.82, 2.24) is 14.5 Å². The van der Waals surface area contributed by atoms with Crippen molar-refractivity contribution in [2.75, 3.05) is 0 Å². The smallest absolute Gasteiger partial charge is 0.322 e. The predicted octanol–water partition coefficient (Wildman–Crippen LogP) is 0.673. The quantitative estimate of drug-likeness (QED) is 0.801. The molecule has 0 bridgehead atoms. The summed E-state index contributed by atoms with van der Waals surface area (Å²) in [4.78, 5) is 10.4. The molecule has 2 N–H and O–H groups in total. The number of carbonyl (C=O) groups is 1. The maximum absolute atomic E-state index is 13.6. The minimum Gasteiger partial charge on any atom is -0.480 e. The third kappa shape index (κ3) is 4.11. The zero-order valence-corrected chi connectivity index (χ0v) is 12.7. The first-order valence-corrected chi connectivity index (χ1v) is 7.85. The zero-order chi connectivity index (χ0) is 17.2. The third-order valence-corrected chi connectivity index (χ3v) is 4.48. The van der Waals surface area contributed by atoms with Gasteiger partial charge in [-0.15, -0.1) is 0 Å². The number of carboxylic acids is 1. The number of benzene rings is 1. The number of aromatic nitrogens is 2. The van der Waals surface area contributed by atoms with Crippen LogP contribution in [0.5, 0.6) is 0 Å². The van der Waals surface area contributed by atoms with Gasteiger partial charge >= 0.3 is 5.97 Å². The Morgan fingerprint density at radius 3 is 2.65 bits per heavy atom. The molecule has 0 aliphatic carbocycles. The van der Waals surface area contributed by atoms with Gasteiger partial charge < -0.3 is 5.11 Å². The molecule has 0 aliphatic rings. The van der Waals surface area contributed by atoms with E-state index in [1.54, 1.807) is 7.05 Å². The molecular weight excluding hydrogens is 332 g/mol. The molecule has 0 saturated carbocycles. The fraction of sp³-hybridized carbons (Fsp3) is 0.231. The van der Waals surface area contributed by atoms with Crippen LogP contribution in [0, 0.1) is 11.6 Å². The topological polar surface area (TPSA) is 101 Å². The van der Waals surface area contributed by atoms with Crippen molar-refractivity contribution in [2.24, 2.45) is 7.05 Å². The first-order chi connectivity index (χ1) is 10.7. The van der Waals surface area contributed by atoms with Gasteiger partial charge in [-0.3, -0.25) is 9.48 Å². The number of carboxylic acid groups (broad SMARTS) is 1. The number of nitrogens with one attached hydrogen (secondary N) is 1. The first kappa shape index (κ1) is 17.0. The number of sulfonamides is 1. The Kier molecular flexibility index (Phi) is 4.76. The van der Waals surface area contributed by atoms with Gasteiger partial charge in [0.1, 0.15) is 22.6 Å². The van der Waals surface area contributed by atoms with E-state index in [1.165, 1.54) is 17.1 Å². The second kappa shape index (κ2) is 6.42. The van der Waals surface area contributed by atoms with Crippen LogP contribution in [-0.2, 0) is 28.3 Å². The SMILES string of the molecule is Cn1cc(CC(NS(=O)(=O)c2ccc(F)cc2F)C(=O)O)cn1. The third-order valence-electron chi connectivity index (χ3n) is 2.98. The van der Waals surface area contributed by atoms with Crippen molar-refractivity contribution < 1.29 is 27.1 Å². The first-order valence-electron chi connectivity index (χ1n) is 6.37. The molecule has 0 spiro atoms. The summed E-state index contributed by atoms with van der Waals surface area (Å²) in [6, 6.07) is 0.393. The molecule has 0 saturated heterocycles. The highest BCUT2D eigenvalue weighted by Crippen LogP contribution is 2.16. The number of hydrogen-bond donors (Lipinski definition) is 2. The van der Waals surface area contributed by atoms with E-state index < -0.39 is 38.6 Å². The van der Waals surface area contributed by atoms with Crippen LogP contribution >= 0.6 is 0 Å². The number of nitrogens with zero attached hydrogens (tertiary/aromatic N) is 2. The van der Waals surface area contributed by atoms with Gasteiger partial charge in [0.2, 0.25) is 10.0 Å². The minimum atomic E-state index is -4.46. The molecule has 0 fully saturated rings. The number of hydrogen-bond acceptors (Lipinski definition) is 4. The van der Waals surface area contributed by atoms with Crippen LogP contribution in [-0.4, -0.2) is 35.3 Å². The molecule has 23 heavy (non-hydrogen) atoms. The van der Waals surface area contributed by atoms with Crippen LogP contribution in [0.3, 0.4) is 0 Å². The normalized spacial score (nSPS) is 13.0. The minimum absolute atomic E-state index is 0.175. The number of aliphatic carboxylic acids is 1. The maximum atomic E-state index is 13.6. The Bertz CT molecular complexity index is 835. The van der Waals surface area contributed by atoms with E-state index in [9.17, 15) is 22.0 Å². The van der Waals surface area contributed by atoms with Gasteiger partial charge in [0, 0.05) is 25.7 Å². The molecule has 0 amide bonds. The summed E-state index contributed by atoms with van der Waals surface area (Å²) >= 11 is 0. The second-order valence-electron chi connectivity index (χ2n) is 4.81. The van der Waals surface area contributed by atoms with Gasteiger partial charge in [-0.05, 0) is 17.7 Å². The standard InChI is InChI=1S/C13H13F2N3O4S/c1-18-7-8(6-16-18)4-11(13(19)20)17-23(21,22)12-3-2-9(14)5-10(12)15/h2-3,5-7,11,17H,4H2,1H3,(H,19,20). The Morgan fingerprint density at radius 1 is 1.43 bits per heavy atom. The van der Waals surface area contributed by atoms with E-state index in [2.05, 4.69) is 5.10 Å².